The first-order chi connectivity index (χ1) is 15.0. The maximum Gasteiger partial charge on any atom is 0.165 e. The van der Waals surface area contributed by atoms with Crippen LogP contribution >= 0.6 is 0 Å². The molecule has 5 aliphatic carbocycles. The zero-order valence-corrected chi connectivity index (χ0v) is 21.9. The van der Waals surface area contributed by atoms with Crippen LogP contribution in [0.1, 0.15) is 99.8 Å². The Morgan fingerprint density at radius 3 is 2.12 bits per heavy atom. The minimum Gasteiger partial charge on any atom is -0.390 e. The highest BCUT2D eigenvalue weighted by atomic mass is 16.3. The van der Waals surface area contributed by atoms with Crippen LogP contribution in [0.25, 0.3) is 0 Å². The highest BCUT2D eigenvalue weighted by Crippen LogP contribution is 2.74. The van der Waals surface area contributed by atoms with Gasteiger partial charge in [0, 0.05) is 22.3 Å². The minimum atomic E-state index is -0.786. The van der Waals surface area contributed by atoms with Crippen LogP contribution in [0.15, 0.2) is 11.6 Å². The Kier molecular flexibility index (Phi) is 4.90. The highest BCUT2D eigenvalue weighted by Gasteiger charge is 2.71. The number of allylic oxidation sites excluding steroid dienone is 1. The van der Waals surface area contributed by atoms with Crippen molar-refractivity contribution in [3.8, 4) is 0 Å². The largest absolute Gasteiger partial charge is 0.390 e. The molecule has 0 aliphatic heterocycles. The number of ketones is 1. The third-order valence-corrected chi connectivity index (χ3v) is 12.3. The third kappa shape index (κ3) is 2.84. The van der Waals surface area contributed by atoms with E-state index >= 15 is 0 Å². The summed E-state index contributed by atoms with van der Waals surface area (Å²) < 4.78 is 0. The van der Waals surface area contributed by atoms with Gasteiger partial charge >= 0.3 is 0 Å². The molecule has 9 unspecified atom stereocenters. The molecule has 0 radical (unpaired) electrons. The van der Waals surface area contributed by atoms with E-state index in [0.29, 0.717) is 12.2 Å². The fourth-order valence-corrected chi connectivity index (χ4v) is 10.5. The molecule has 0 aromatic carbocycles. The monoisotopic (exact) mass is 458 g/mol. The predicted octanol–water partition coefficient (Wildman–Crippen LogP) is 5.04. The summed E-state index contributed by atoms with van der Waals surface area (Å²) >= 11 is 0. The second kappa shape index (κ2) is 6.73. The molecule has 0 heterocycles. The van der Waals surface area contributed by atoms with Gasteiger partial charge in [0.25, 0.3) is 0 Å². The van der Waals surface area contributed by atoms with Gasteiger partial charge in [0.15, 0.2) is 5.78 Å². The van der Waals surface area contributed by atoms with E-state index in [1.807, 2.05) is 6.08 Å². The lowest BCUT2D eigenvalue weighted by molar-refractivity contribution is -0.244. The molecule has 3 N–H and O–H groups in total. The Morgan fingerprint density at radius 2 is 1.52 bits per heavy atom. The Balaban J connectivity index is 1.60. The molecule has 4 heteroatoms. The maximum atomic E-state index is 14.1. The standard InChI is InChI=1S/C29H46O4/c1-24(2)10-12-29(16-24)13-11-27(6)17(22(29)32)14-18(30)21-26(5)15-19(31)23(33)25(3,4)20(26)8-9-28(21,27)7/h14,18-21,23,30-31,33H,8-13,15-16H2,1-7H3. The SMILES string of the molecule is CC1(C)CCC2(CCC3(C)C(=CC(O)C4C5(C)CC(O)C(O)C(C)(C)C5CCC43C)C2=O)C1. The molecular weight excluding hydrogens is 412 g/mol. The molecule has 33 heavy (non-hydrogen) atoms. The number of hydrogen-bond donors (Lipinski definition) is 3. The van der Waals surface area contributed by atoms with Crippen molar-refractivity contribution in [3.05, 3.63) is 11.6 Å². The van der Waals surface area contributed by atoms with E-state index in [-0.39, 0.29) is 38.9 Å². The summed E-state index contributed by atoms with van der Waals surface area (Å²) in [5.41, 5.74) is -0.328. The molecule has 0 aromatic heterocycles. The summed E-state index contributed by atoms with van der Waals surface area (Å²) in [6.45, 7) is 15.6. The molecule has 5 aliphatic rings. The van der Waals surface area contributed by atoms with E-state index in [0.717, 1.165) is 50.5 Å². The number of hydrogen-bond acceptors (Lipinski definition) is 4. The summed E-state index contributed by atoms with van der Waals surface area (Å²) in [6, 6.07) is 0. The molecule has 0 amide bonds. The maximum absolute atomic E-state index is 14.1. The van der Waals surface area contributed by atoms with E-state index in [2.05, 4.69) is 48.5 Å². The van der Waals surface area contributed by atoms with Crippen molar-refractivity contribution in [1.29, 1.82) is 0 Å². The number of carbonyl (C=O) groups excluding carboxylic acids is 1. The van der Waals surface area contributed by atoms with Crippen LogP contribution in [-0.4, -0.2) is 39.4 Å². The van der Waals surface area contributed by atoms with Gasteiger partial charge in [0.05, 0.1) is 18.3 Å². The molecule has 186 valence electrons. The summed E-state index contributed by atoms with van der Waals surface area (Å²) in [7, 11) is 0. The van der Waals surface area contributed by atoms with Gasteiger partial charge in [-0.25, -0.2) is 0 Å². The molecule has 4 nitrogen and oxygen atoms in total. The molecule has 5 rings (SSSR count). The molecule has 4 fully saturated rings. The van der Waals surface area contributed by atoms with E-state index < -0.39 is 23.7 Å². The van der Waals surface area contributed by atoms with Crippen LogP contribution in [0.3, 0.4) is 0 Å². The summed E-state index contributed by atoms with van der Waals surface area (Å²) in [6.07, 6.45) is 7.10. The first kappa shape index (κ1) is 24.0. The number of aliphatic hydroxyl groups is 3. The van der Waals surface area contributed by atoms with Crippen LogP contribution in [0.5, 0.6) is 0 Å². The van der Waals surface area contributed by atoms with Crippen molar-refractivity contribution in [2.45, 2.75) is 118 Å². The quantitative estimate of drug-likeness (QED) is 0.475. The Bertz CT molecular complexity index is 903. The smallest absolute Gasteiger partial charge is 0.165 e. The van der Waals surface area contributed by atoms with Gasteiger partial charge in [0.2, 0.25) is 0 Å². The number of Topliss-reactive ketones (excluding diaryl/α,β-unsaturated/α-hetero) is 1. The van der Waals surface area contributed by atoms with Gasteiger partial charge in [-0.05, 0) is 85.0 Å². The summed E-state index contributed by atoms with van der Waals surface area (Å²) in [5.74, 6) is 0.490. The van der Waals surface area contributed by atoms with Gasteiger partial charge in [-0.1, -0.05) is 48.5 Å². The number of aliphatic hydroxyl groups excluding tert-OH is 3. The van der Waals surface area contributed by atoms with Gasteiger partial charge in [-0.15, -0.1) is 0 Å². The summed E-state index contributed by atoms with van der Waals surface area (Å²) in [4.78, 5) is 14.1. The molecule has 4 saturated carbocycles. The van der Waals surface area contributed by atoms with Gasteiger partial charge in [0.1, 0.15) is 0 Å². The first-order valence-electron chi connectivity index (χ1n) is 13.4. The molecule has 1 spiro atoms. The van der Waals surface area contributed by atoms with Gasteiger partial charge in [-0.2, -0.15) is 0 Å². The van der Waals surface area contributed by atoms with Crippen molar-refractivity contribution in [1.82, 2.24) is 0 Å². The number of rotatable bonds is 0. The van der Waals surface area contributed by atoms with Crippen molar-refractivity contribution in [3.63, 3.8) is 0 Å². The van der Waals surface area contributed by atoms with Crippen LogP contribution in [0.2, 0.25) is 0 Å². The van der Waals surface area contributed by atoms with E-state index in [1.165, 1.54) is 0 Å². The Labute approximate surface area is 200 Å². The average molecular weight is 459 g/mol. The van der Waals surface area contributed by atoms with Crippen molar-refractivity contribution >= 4 is 5.78 Å². The number of fused-ring (bicyclic) bond motifs is 5. The molecule has 9 atom stereocenters. The predicted molar refractivity (Wildman–Crippen MR) is 129 cm³/mol. The average Bonchev–Trinajstić information content (AvgIpc) is 3.01. The van der Waals surface area contributed by atoms with Crippen molar-refractivity contribution in [2.24, 2.45) is 44.3 Å². The molecule has 0 aromatic rings. The zero-order chi connectivity index (χ0) is 24.4. The van der Waals surface area contributed by atoms with Gasteiger partial charge in [-0.3, -0.25) is 4.79 Å². The second-order valence-corrected chi connectivity index (χ2v) is 14.9. The van der Waals surface area contributed by atoms with Crippen molar-refractivity contribution in [2.75, 3.05) is 0 Å². The van der Waals surface area contributed by atoms with Crippen LogP contribution in [-0.2, 0) is 4.79 Å². The van der Waals surface area contributed by atoms with Crippen molar-refractivity contribution < 1.29 is 20.1 Å². The van der Waals surface area contributed by atoms with Crippen LogP contribution < -0.4 is 0 Å². The number of carbonyl (C=O) groups is 1. The first-order valence-corrected chi connectivity index (χ1v) is 13.4. The lowest BCUT2D eigenvalue weighted by Gasteiger charge is -2.70. The van der Waals surface area contributed by atoms with Crippen LogP contribution in [0.4, 0.5) is 0 Å². The lowest BCUT2D eigenvalue weighted by Crippen LogP contribution is -2.69. The lowest BCUT2D eigenvalue weighted by atomic mass is 9.34. The Hall–Kier alpha value is -0.710. The topological polar surface area (TPSA) is 77.8 Å². The highest BCUT2D eigenvalue weighted by molar-refractivity contribution is 6.02. The van der Waals surface area contributed by atoms with E-state index in [9.17, 15) is 20.1 Å². The van der Waals surface area contributed by atoms with E-state index in [1.54, 1.807) is 0 Å². The van der Waals surface area contributed by atoms with Crippen LogP contribution in [0, 0.1) is 44.3 Å². The summed E-state index contributed by atoms with van der Waals surface area (Å²) in [5, 5.41) is 33.5. The molecule has 0 saturated heterocycles. The third-order valence-electron chi connectivity index (χ3n) is 12.3. The van der Waals surface area contributed by atoms with E-state index in [4.69, 9.17) is 0 Å². The fourth-order valence-electron chi connectivity index (χ4n) is 10.5. The normalized spacial score (nSPS) is 54.9. The fraction of sp³-hybridized carbons (Fsp3) is 0.897. The molecular formula is C29H46O4. The van der Waals surface area contributed by atoms with Gasteiger partial charge < -0.3 is 15.3 Å². The second-order valence-electron chi connectivity index (χ2n) is 14.9. The zero-order valence-electron chi connectivity index (χ0n) is 21.9. The Morgan fingerprint density at radius 1 is 0.879 bits per heavy atom. The minimum absolute atomic E-state index is 0.0409. The molecule has 0 bridgehead atoms.